The minimum Gasteiger partial charge on any atom is -0.349 e. The van der Waals surface area contributed by atoms with Crippen LogP contribution in [0.1, 0.15) is 5.01 Å². The number of nitrogens with zero attached hydrogens (tertiary/aromatic N) is 4. The van der Waals surface area contributed by atoms with Crippen LogP contribution in [0.4, 0.5) is 4.39 Å². The van der Waals surface area contributed by atoms with Gasteiger partial charge < -0.3 is 9.80 Å². The Morgan fingerprint density at radius 2 is 1.86 bits per heavy atom. The first-order valence-corrected chi connectivity index (χ1v) is 7.45. The van der Waals surface area contributed by atoms with E-state index in [1.807, 2.05) is 49.4 Å². The molecule has 6 heteroatoms. The predicted octanol–water partition coefficient (Wildman–Crippen LogP) is 2.93. The molecule has 2 rings (SSSR count). The molecule has 112 valence electrons. The number of aromatic nitrogens is 1. The molecular weight excluding hydrogens is 287 g/mol. The van der Waals surface area contributed by atoms with E-state index < -0.39 is 0 Å². The first-order valence-electron chi connectivity index (χ1n) is 6.57. The number of halogens is 1. The quantitative estimate of drug-likeness (QED) is 0.645. The fourth-order valence-corrected chi connectivity index (χ4v) is 2.71. The van der Waals surface area contributed by atoms with E-state index in [1.165, 1.54) is 17.4 Å². The molecule has 0 radical (unpaired) electrons. The third kappa shape index (κ3) is 3.78. The molecule has 1 heterocycles. The normalized spacial score (nSPS) is 10.3. The summed E-state index contributed by atoms with van der Waals surface area (Å²) in [7, 11) is 7.80. The Balaban J connectivity index is 2.18. The third-order valence-corrected chi connectivity index (χ3v) is 3.69. The summed E-state index contributed by atoms with van der Waals surface area (Å²) in [4.78, 5) is 12.9. The summed E-state index contributed by atoms with van der Waals surface area (Å²) in [6.45, 7) is 0.491. The summed E-state index contributed by atoms with van der Waals surface area (Å²) in [6, 6.07) is 6.67. The molecule has 0 saturated heterocycles. The number of rotatable bonds is 3. The lowest BCUT2D eigenvalue weighted by Crippen LogP contribution is -2.35. The van der Waals surface area contributed by atoms with E-state index >= 15 is 0 Å². The molecule has 0 spiro atoms. The van der Waals surface area contributed by atoms with Crippen LogP contribution in [-0.4, -0.2) is 48.9 Å². The van der Waals surface area contributed by atoms with Crippen molar-refractivity contribution in [2.75, 3.05) is 28.2 Å². The first kappa shape index (κ1) is 15.4. The fourth-order valence-electron chi connectivity index (χ4n) is 2.00. The van der Waals surface area contributed by atoms with E-state index in [2.05, 4.69) is 9.98 Å². The van der Waals surface area contributed by atoms with E-state index in [4.69, 9.17) is 0 Å². The van der Waals surface area contributed by atoms with Gasteiger partial charge in [-0.05, 0) is 12.1 Å². The van der Waals surface area contributed by atoms with Crippen LogP contribution in [0.25, 0.3) is 11.3 Å². The average Bonchev–Trinajstić information content (AvgIpc) is 2.87. The highest BCUT2D eigenvalue weighted by molar-refractivity contribution is 7.09. The molecule has 0 aliphatic carbocycles. The van der Waals surface area contributed by atoms with E-state index in [-0.39, 0.29) is 5.82 Å². The molecular formula is C15H19FN4S. The van der Waals surface area contributed by atoms with E-state index in [1.54, 1.807) is 12.1 Å². The monoisotopic (exact) mass is 306 g/mol. The van der Waals surface area contributed by atoms with Gasteiger partial charge in [-0.25, -0.2) is 14.4 Å². The largest absolute Gasteiger partial charge is 0.349 e. The highest BCUT2D eigenvalue weighted by Crippen LogP contribution is 2.24. The minimum atomic E-state index is -0.250. The van der Waals surface area contributed by atoms with Gasteiger partial charge in [-0.15, -0.1) is 11.3 Å². The van der Waals surface area contributed by atoms with Crippen molar-refractivity contribution in [1.29, 1.82) is 0 Å². The topological polar surface area (TPSA) is 31.7 Å². The van der Waals surface area contributed by atoms with Gasteiger partial charge in [-0.2, -0.15) is 0 Å². The average molecular weight is 306 g/mol. The van der Waals surface area contributed by atoms with Gasteiger partial charge in [0.05, 0.1) is 12.2 Å². The Kier molecular flexibility index (Phi) is 4.90. The Hall–Kier alpha value is -1.95. The summed E-state index contributed by atoms with van der Waals surface area (Å²) in [6.07, 6.45) is 0. The van der Waals surface area contributed by atoms with Crippen molar-refractivity contribution in [3.63, 3.8) is 0 Å². The summed E-state index contributed by atoms with van der Waals surface area (Å²) in [5, 5.41) is 2.74. The molecule has 0 unspecified atom stereocenters. The zero-order valence-corrected chi connectivity index (χ0v) is 13.5. The molecule has 4 nitrogen and oxygen atoms in total. The maximum atomic E-state index is 13.7. The molecule has 2 aromatic rings. The number of aliphatic imine (C=N–C) groups is 1. The number of thiazole rings is 1. The highest BCUT2D eigenvalue weighted by atomic mass is 32.1. The van der Waals surface area contributed by atoms with Gasteiger partial charge in [0.1, 0.15) is 10.8 Å². The molecule has 1 aromatic heterocycles. The van der Waals surface area contributed by atoms with Crippen LogP contribution in [0, 0.1) is 5.82 Å². The second-order valence-electron chi connectivity index (χ2n) is 5.01. The Bertz CT molecular complexity index is 624. The van der Waals surface area contributed by atoms with Gasteiger partial charge in [-0.1, -0.05) is 12.1 Å². The van der Waals surface area contributed by atoms with Crippen molar-refractivity contribution in [1.82, 2.24) is 14.8 Å². The summed E-state index contributed by atoms with van der Waals surface area (Å²) < 4.78 is 13.7. The Labute approximate surface area is 128 Å². The van der Waals surface area contributed by atoms with Gasteiger partial charge >= 0.3 is 0 Å². The maximum absolute atomic E-state index is 13.7. The van der Waals surface area contributed by atoms with Crippen molar-refractivity contribution in [3.05, 3.63) is 40.5 Å². The molecule has 21 heavy (non-hydrogen) atoms. The van der Waals surface area contributed by atoms with E-state index in [0.29, 0.717) is 17.8 Å². The van der Waals surface area contributed by atoms with Crippen LogP contribution in [0.15, 0.2) is 34.6 Å². The lowest BCUT2D eigenvalue weighted by molar-refractivity contribution is 0.479. The van der Waals surface area contributed by atoms with E-state index in [0.717, 1.165) is 11.0 Å². The predicted molar refractivity (Wildman–Crippen MR) is 86.0 cm³/mol. The Morgan fingerprint density at radius 1 is 1.19 bits per heavy atom. The van der Waals surface area contributed by atoms with Crippen LogP contribution in [0.2, 0.25) is 0 Å². The fraction of sp³-hybridized carbons (Fsp3) is 0.333. The summed E-state index contributed by atoms with van der Waals surface area (Å²) >= 11 is 1.50. The number of guanidine groups is 1. The molecule has 0 atom stereocenters. The third-order valence-electron chi connectivity index (χ3n) is 2.86. The molecule has 1 aromatic carbocycles. The zero-order valence-electron chi connectivity index (χ0n) is 12.7. The second kappa shape index (κ2) is 6.67. The summed E-state index contributed by atoms with van der Waals surface area (Å²) in [5.41, 5.74) is 1.20. The van der Waals surface area contributed by atoms with Crippen LogP contribution in [0.5, 0.6) is 0 Å². The van der Waals surface area contributed by atoms with Gasteiger partial charge in [0.2, 0.25) is 0 Å². The molecule has 0 bridgehead atoms. The van der Waals surface area contributed by atoms with Crippen LogP contribution >= 0.6 is 11.3 Å². The molecule has 0 fully saturated rings. The van der Waals surface area contributed by atoms with Crippen LogP contribution < -0.4 is 0 Å². The van der Waals surface area contributed by atoms with Crippen molar-refractivity contribution in [3.8, 4) is 11.3 Å². The SMILES string of the molecule is CN(C)C(=NCc1nc(-c2ccccc2F)cs1)N(C)C. The first-order chi connectivity index (χ1) is 9.99. The lowest BCUT2D eigenvalue weighted by atomic mass is 10.2. The minimum absolute atomic E-state index is 0.250. The standard InChI is InChI=1S/C15H19FN4S/c1-19(2)15(20(3)4)17-9-14-18-13(10-21-14)11-7-5-6-8-12(11)16/h5-8,10H,9H2,1-4H3. The smallest absolute Gasteiger partial charge is 0.195 e. The van der Waals surface area contributed by atoms with Crippen molar-refractivity contribution >= 4 is 17.3 Å². The van der Waals surface area contributed by atoms with Gasteiger partial charge in [0.25, 0.3) is 0 Å². The number of hydrogen-bond donors (Lipinski definition) is 0. The van der Waals surface area contributed by atoms with Crippen LogP contribution in [0.3, 0.4) is 0 Å². The second-order valence-corrected chi connectivity index (χ2v) is 5.95. The van der Waals surface area contributed by atoms with Gasteiger partial charge in [0.15, 0.2) is 5.96 Å². The molecule has 0 aliphatic heterocycles. The van der Waals surface area contributed by atoms with Gasteiger partial charge in [0, 0.05) is 39.1 Å². The number of benzene rings is 1. The molecule has 0 aliphatic rings. The number of hydrogen-bond acceptors (Lipinski definition) is 3. The molecule has 0 saturated carbocycles. The van der Waals surface area contributed by atoms with Crippen molar-refractivity contribution in [2.24, 2.45) is 4.99 Å². The highest BCUT2D eigenvalue weighted by Gasteiger charge is 2.09. The molecule has 0 amide bonds. The zero-order chi connectivity index (χ0) is 15.4. The van der Waals surface area contributed by atoms with E-state index in [9.17, 15) is 4.39 Å². The maximum Gasteiger partial charge on any atom is 0.195 e. The van der Waals surface area contributed by atoms with Crippen molar-refractivity contribution < 1.29 is 4.39 Å². The van der Waals surface area contributed by atoms with Crippen LogP contribution in [-0.2, 0) is 6.54 Å². The molecule has 0 N–H and O–H groups in total. The summed E-state index contributed by atoms with van der Waals surface area (Å²) in [5.74, 6) is 0.623. The van der Waals surface area contributed by atoms with Gasteiger partial charge in [-0.3, -0.25) is 0 Å². The van der Waals surface area contributed by atoms with Crippen molar-refractivity contribution in [2.45, 2.75) is 6.54 Å². The lowest BCUT2D eigenvalue weighted by Gasteiger charge is -2.22. The Morgan fingerprint density at radius 3 is 2.48 bits per heavy atom.